The van der Waals surface area contributed by atoms with Gasteiger partial charge in [0.2, 0.25) is 11.8 Å². The Balaban J connectivity index is 1.66. The van der Waals surface area contributed by atoms with Gasteiger partial charge in [-0.1, -0.05) is 62.2 Å². The number of thiol groups is 1. The van der Waals surface area contributed by atoms with Gasteiger partial charge in [0.05, 0.1) is 30.5 Å². The second-order valence-electron chi connectivity index (χ2n) is 12.0. The highest BCUT2D eigenvalue weighted by Gasteiger charge is 2.66. The molecule has 0 aliphatic carbocycles. The van der Waals surface area contributed by atoms with Gasteiger partial charge in [0.15, 0.2) is 0 Å². The molecule has 0 unspecified atom stereocenters. The molecule has 2 aliphatic heterocycles. The lowest BCUT2D eigenvalue weighted by atomic mass is 9.62. The number of methoxy groups -OCH3 is 1. The number of carbonyl (C=O) groups is 2. The second-order valence-corrected chi connectivity index (χ2v) is 13.3. The van der Waals surface area contributed by atoms with Crippen molar-refractivity contribution in [3.05, 3.63) is 81.6 Å². The maximum absolute atomic E-state index is 16.0. The van der Waals surface area contributed by atoms with Crippen molar-refractivity contribution in [3.63, 3.8) is 0 Å². The van der Waals surface area contributed by atoms with Gasteiger partial charge in [-0.3, -0.25) is 9.59 Å². The van der Waals surface area contributed by atoms with Crippen molar-refractivity contribution in [2.24, 2.45) is 5.41 Å². The standard InChI is InChI=1S/C32H34Cl2FN3O4S/c1-31(2,3)16-25-32(20-10-8-17(33)14-23(20)37-30(32)40)26(19-6-5-7-21(34)27(19)35)28(38-25)29(39)36-22-11-9-18(42-12-13-43)15-24(22)41-4/h5-11,14-15,25-26,28,38,43H,12-13,16H2,1-4H3,(H,36,39)(H,37,40)/t25-,26-,28+,32+/m0/s1. The summed E-state index contributed by atoms with van der Waals surface area (Å²) in [6.45, 7) is 6.58. The quantitative estimate of drug-likeness (QED) is 0.202. The third kappa shape index (κ3) is 5.80. The summed E-state index contributed by atoms with van der Waals surface area (Å²) < 4.78 is 27.2. The first-order chi connectivity index (χ1) is 20.4. The van der Waals surface area contributed by atoms with Crippen molar-refractivity contribution in [3.8, 4) is 11.5 Å². The molecule has 1 saturated heterocycles. The zero-order chi connectivity index (χ0) is 31.1. The zero-order valence-corrected chi connectivity index (χ0v) is 26.7. The van der Waals surface area contributed by atoms with E-state index >= 15 is 4.39 Å². The topological polar surface area (TPSA) is 88.7 Å². The Bertz CT molecular complexity index is 1570. The van der Waals surface area contributed by atoms with Gasteiger partial charge in [-0.25, -0.2) is 4.39 Å². The molecule has 3 N–H and O–H groups in total. The molecule has 3 aromatic carbocycles. The molecular formula is C32H34Cl2FN3O4S. The molecule has 0 bridgehead atoms. The molecular weight excluding hydrogens is 612 g/mol. The van der Waals surface area contributed by atoms with Crippen molar-refractivity contribution in [2.75, 3.05) is 30.1 Å². The molecule has 0 aromatic heterocycles. The van der Waals surface area contributed by atoms with Crippen molar-refractivity contribution in [1.82, 2.24) is 5.32 Å². The van der Waals surface area contributed by atoms with Crippen LogP contribution in [0.5, 0.6) is 11.5 Å². The van der Waals surface area contributed by atoms with E-state index in [-0.39, 0.29) is 21.9 Å². The first-order valence-electron chi connectivity index (χ1n) is 13.9. The van der Waals surface area contributed by atoms with Crippen LogP contribution in [0.4, 0.5) is 15.8 Å². The maximum atomic E-state index is 16.0. The number of anilines is 2. The lowest BCUT2D eigenvalue weighted by Crippen LogP contribution is -2.49. The van der Waals surface area contributed by atoms with Crippen LogP contribution in [-0.4, -0.2) is 43.4 Å². The van der Waals surface area contributed by atoms with E-state index in [2.05, 4.69) is 49.4 Å². The minimum absolute atomic E-state index is 0.0979. The highest BCUT2D eigenvalue weighted by molar-refractivity contribution is 7.80. The van der Waals surface area contributed by atoms with Gasteiger partial charge < -0.3 is 25.4 Å². The fraction of sp³-hybridized carbons (Fsp3) is 0.375. The summed E-state index contributed by atoms with van der Waals surface area (Å²) in [4.78, 5) is 28.5. The van der Waals surface area contributed by atoms with Crippen LogP contribution in [0.25, 0.3) is 0 Å². The Kier molecular flexibility index (Phi) is 8.91. The van der Waals surface area contributed by atoms with Crippen LogP contribution < -0.4 is 25.4 Å². The predicted octanol–water partition coefficient (Wildman–Crippen LogP) is 6.84. The van der Waals surface area contributed by atoms with E-state index in [9.17, 15) is 9.59 Å². The van der Waals surface area contributed by atoms with Crippen LogP contribution >= 0.6 is 35.8 Å². The fourth-order valence-electron chi connectivity index (χ4n) is 6.39. The van der Waals surface area contributed by atoms with E-state index in [4.69, 9.17) is 32.7 Å². The Labute approximate surface area is 266 Å². The third-order valence-corrected chi connectivity index (χ3v) is 8.72. The summed E-state index contributed by atoms with van der Waals surface area (Å²) in [7, 11) is 1.49. The summed E-state index contributed by atoms with van der Waals surface area (Å²) in [5.41, 5.74) is 0.132. The summed E-state index contributed by atoms with van der Waals surface area (Å²) in [6.07, 6.45) is 0.505. The Morgan fingerprint density at radius 3 is 2.60 bits per heavy atom. The number of carbonyl (C=O) groups excluding carboxylic acids is 2. The van der Waals surface area contributed by atoms with E-state index in [0.717, 1.165) is 0 Å². The number of rotatable bonds is 8. The van der Waals surface area contributed by atoms with Crippen molar-refractivity contribution in [2.45, 2.75) is 50.6 Å². The third-order valence-electron chi connectivity index (χ3n) is 8.01. The van der Waals surface area contributed by atoms with Crippen LogP contribution in [0.15, 0.2) is 54.6 Å². The van der Waals surface area contributed by atoms with Crippen LogP contribution in [0.2, 0.25) is 10.0 Å². The summed E-state index contributed by atoms with van der Waals surface area (Å²) in [6, 6.07) is 13.3. The van der Waals surface area contributed by atoms with Crippen LogP contribution in [0.3, 0.4) is 0 Å². The number of amides is 2. The minimum Gasteiger partial charge on any atom is -0.494 e. The lowest BCUT2D eigenvalue weighted by molar-refractivity contribution is -0.122. The molecule has 0 radical (unpaired) electrons. The number of ether oxygens (including phenoxy) is 2. The smallest absolute Gasteiger partial charge is 0.242 e. The average Bonchev–Trinajstić information content (AvgIpc) is 3.42. The van der Waals surface area contributed by atoms with Crippen LogP contribution in [0.1, 0.15) is 44.2 Å². The Morgan fingerprint density at radius 2 is 1.91 bits per heavy atom. The van der Waals surface area contributed by atoms with Gasteiger partial charge in [0.1, 0.15) is 22.7 Å². The van der Waals surface area contributed by atoms with E-state index in [0.29, 0.717) is 52.2 Å². The lowest BCUT2D eigenvalue weighted by Gasteiger charge is -2.37. The van der Waals surface area contributed by atoms with Crippen molar-refractivity contribution in [1.29, 1.82) is 0 Å². The van der Waals surface area contributed by atoms with Crippen LogP contribution in [-0.2, 0) is 15.0 Å². The maximum Gasteiger partial charge on any atom is 0.242 e. The van der Waals surface area contributed by atoms with Gasteiger partial charge in [0.25, 0.3) is 0 Å². The highest BCUT2D eigenvalue weighted by atomic mass is 35.5. The Morgan fingerprint density at radius 1 is 1.14 bits per heavy atom. The van der Waals surface area contributed by atoms with E-state index < -0.39 is 35.1 Å². The Hall–Kier alpha value is -2.98. The molecule has 11 heteroatoms. The predicted molar refractivity (Wildman–Crippen MR) is 172 cm³/mol. The molecule has 2 amide bonds. The molecule has 5 rings (SSSR count). The number of hydrogen-bond acceptors (Lipinski definition) is 6. The minimum atomic E-state index is -1.35. The number of fused-ring (bicyclic) bond motifs is 2. The van der Waals surface area contributed by atoms with Crippen molar-refractivity contribution < 1.29 is 23.5 Å². The van der Waals surface area contributed by atoms with Gasteiger partial charge in [-0.2, -0.15) is 12.6 Å². The first kappa shape index (κ1) is 31.4. The first-order valence-corrected chi connectivity index (χ1v) is 15.3. The number of halogens is 3. The molecule has 2 heterocycles. The van der Waals surface area contributed by atoms with Gasteiger partial charge >= 0.3 is 0 Å². The fourth-order valence-corrected chi connectivity index (χ4v) is 6.84. The van der Waals surface area contributed by atoms with E-state index in [1.54, 1.807) is 48.5 Å². The van der Waals surface area contributed by atoms with Gasteiger partial charge in [-0.15, -0.1) is 0 Å². The number of nitrogens with one attached hydrogen (secondary N) is 3. The molecule has 228 valence electrons. The van der Waals surface area contributed by atoms with Gasteiger partial charge in [0, 0.05) is 34.5 Å². The molecule has 7 nitrogen and oxygen atoms in total. The number of hydrogen-bond donors (Lipinski definition) is 4. The molecule has 4 atom stereocenters. The summed E-state index contributed by atoms with van der Waals surface area (Å²) in [5.74, 6) is -0.965. The second kappa shape index (κ2) is 12.2. The molecule has 1 fully saturated rings. The van der Waals surface area contributed by atoms with E-state index in [1.165, 1.54) is 13.2 Å². The number of benzene rings is 3. The zero-order valence-electron chi connectivity index (χ0n) is 24.3. The molecule has 1 spiro atoms. The molecule has 2 aliphatic rings. The van der Waals surface area contributed by atoms with E-state index in [1.807, 2.05) is 0 Å². The van der Waals surface area contributed by atoms with Crippen LogP contribution in [0, 0.1) is 11.2 Å². The SMILES string of the molecule is COc1cc(OCCS)ccc1NC(=O)[C@@H]1N[C@@H](CC(C)(C)C)[C@@]2(C(=O)Nc3cc(Cl)ccc32)[C@H]1c1cccc(Cl)c1F. The molecule has 0 saturated carbocycles. The summed E-state index contributed by atoms with van der Waals surface area (Å²) >= 11 is 16.8. The highest BCUT2D eigenvalue weighted by Crippen LogP contribution is 2.57. The molecule has 3 aromatic rings. The average molecular weight is 647 g/mol. The summed E-state index contributed by atoms with van der Waals surface area (Å²) in [5, 5.41) is 9.75. The monoisotopic (exact) mass is 645 g/mol. The largest absolute Gasteiger partial charge is 0.494 e. The normalized spacial score (nSPS) is 22.8. The van der Waals surface area contributed by atoms with Gasteiger partial charge in [-0.05, 0) is 53.3 Å². The van der Waals surface area contributed by atoms with Crippen molar-refractivity contribution >= 4 is 59.0 Å². The molecule has 43 heavy (non-hydrogen) atoms.